The van der Waals surface area contributed by atoms with Crippen molar-refractivity contribution in [3.63, 3.8) is 0 Å². The minimum atomic E-state index is 1.05. The molecule has 0 aromatic carbocycles. The maximum atomic E-state index is 3.57. The summed E-state index contributed by atoms with van der Waals surface area (Å²) in [6, 6.07) is 1.79. The van der Waals surface area contributed by atoms with E-state index < -0.39 is 0 Å². The Morgan fingerprint density at radius 1 is 2.00 bits per heavy atom. The fourth-order valence-corrected chi connectivity index (χ4v) is 0.282. The number of hydrogen-bond donors (Lipinski definition) is 1. The van der Waals surface area contributed by atoms with Crippen molar-refractivity contribution in [2.24, 2.45) is 0 Å². The minimum Gasteiger partial charge on any atom is -0.282 e. The van der Waals surface area contributed by atoms with Gasteiger partial charge < -0.3 is 0 Å². The van der Waals surface area contributed by atoms with Gasteiger partial charge in [0.1, 0.15) is 6.20 Å². The third-order valence-electron chi connectivity index (χ3n) is 0.578. The molecule has 0 spiro atoms. The van der Waals surface area contributed by atoms with Gasteiger partial charge in [-0.05, 0) is 13.0 Å². The van der Waals surface area contributed by atoms with Crippen molar-refractivity contribution in [1.29, 1.82) is 0 Å². The van der Waals surface area contributed by atoms with Gasteiger partial charge in [-0.2, -0.15) is 5.10 Å². The molecular weight excluding hydrogens is 76.1 g/mol. The number of H-pyrrole nitrogens is 1. The monoisotopic (exact) mass is 81.0 g/mol. The second kappa shape index (κ2) is 1.12. The van der Waals surface area contributed by atoms with E-state index in [-0.39, 0.29) is 0 Å². The molecule has 1 aromatic rings. The van der Waals surface area contributed by atoms with Crippen LogP contribution < -0.4 is 0 Å². The van der Waals surface area contributed by atoms with Crippen LogP contribution in [0.15, 0.2) is 6.07 Å². The topological polar surface area (TPSA) is 28.7 Å². The standard InChI is InChI=1S/C4H5N2/c1-4-2-3-5-6-4/h2H,1H3,(H,5,6). The molecule has 0 amide bonds. The number of aromatic amines is 1. The summed E-state index contributed by atoms with van der Waals surface area (Å²) in [5.74, 6) is 0. The number of aromatic nitrogens is 2. The van der Waals surface area contributed by atoms with Gasteiger partial charge in [0.2, 0.25) is 0 Å². The highest BCUT2D eigenvalue weighted by Gasteiger charge is 1.74. The number of aryl methyl sites for hydroxylation is 1. The van der Waals surface area contributed by atoms with Crippen molar-refractivity contribution in [2.75, 3.05) is 0 Å². The Morgan fingerprint density at radius 3 is 3.00 bits per heavy atom. The molecule has 1 aromatic heterocycles. The lowest BCUT2D eigenvalue weighted by molar-refractivity contribution is 1.04. The summed E-state index contributed by atoms with van der Waals surface area (Å²) in [4.78, 5) is 0. The molecule has 0 aliphatic rings. The molecule has 31 valence electrons. The minimum absolute atomic E-state index is 1.05. The van der Waals surface area contributed by atoms with Crippen molar-refractivity contribution >= 4 is 0 Å². The Morgan fingerprint density at radius 2 is 2.83 bits per heavy atom. The number of hydrogen-bond acceptors (Lipinski definition) is 1. The zero-order chi connectivity index (χ0) is 4.41. The molecule has 0 unspecified atom stereocenters. The fourth-order valence-electron chi connectivity index (χ4n) is 0.282. The van der Waals surface area contributed by atoms with Crippen LogP contribution in [0.3, 0.4) is 0 Å². The normalized spacial score (nSPS) is 8.83. The lowest BCUT2D eigenvalue weighted by atomic mass is 10.5. The molecule has 2 heteroatoms. The molecule has 6 heavy (non-hydrogen) atoms. The molecule has 0 atom stereocenters. The highest BCUT2D eigenvalue weighted by atomic mass is 15.1. The first-order valence-corrected chi connectivity index (χ1v) is 1.77. The predicted octanol–water partition coefficient (Wildman–Crippen LogP) is 0.518. The molecule has 0 saturated carbocycles. The molecule has 0 bridgehead atoms. The number of rotatable bonds is 0. The Kier molecular flexibility index (Phi) is 0.638. The van der Waals surface area contributed by atoms with Gasteiger partial charge in [-0.25, -0.2) is 0 Å². The quantitative estimate of drug-likeness (QED) is 0.484. The molecule has 0 aliphatic carbocycles. The van der Waals surface area contributed by atoms with Crippen LogP contribution >= 0.6 is 0 Å². The molecule has 0 aliphatic heterocycles. The number of nitrogens with one attached hydrogen (secondary N) is 1. The third kappa shape index (κ3) is 0.407. The zero-order valence-electron chi connectivity index (χ0n) is 3.52. The number of nitrogens with zero attached hydrogens (tertiary/aromatic N) is 1. The van der Waals surface area contributed by atoms with Gasteiger partial charge >= 0.3 is 0 Å². The van der Waals surface area contributed by atoms with Gasteiger partial charge in [-0.3, -0.25) is 5.10 Å². The average molecular weight is 81.1 g/mol. The van der Waals surface area contributed by atoms with E-state index in [9.17, 15) is 0 Å². The summed E-state index contributed by atoms with van der Waals surface area (Å²) in [6.07, 6.45) is 2.62. The summed E-state index contributed by atoms with van der Waals surface area (Å²) >= 11 is 0. The van der Waals surface area contributed by atoms with Crippen LogP contribution in [0.2, 0.25) is 0 Å². The zero-order valence-corrected chi connectivity index (χ0v) is 3.52. The summed E-state index contributed by atoms with van der Waals surface area (Å²) in [5, 5.41) is 6.27. The highest BCUT2D eigenvalue weighted by molar-refractivity contribution is 4.90. The molecular formula is C4H5N2. The van der Waals surface area contributed by atoms with E-state index in [4.69, 9.17) is 0 Å². The van der Waals surface area contributed by atoms with Gasteiger partial charge in [-0.1, -0.05) is 0 Å². The van der Waals surface area contributed by atoms with E-state index in [0.29, 0.717) is 0 Å². The molecule has 1 heterocycles. The second-order valence-corrected chi connectivity index (χ2v) is 1.18. The van der Waals surface area contributed by atoms with Crippen LogP contribution in [0.25, 0.3) is 0 Å². The SMILES string of the molecule is Cc1c[c]n[nH]1. The Labute approximate surface area is 36.2 Å². The maximum Gasteiger partial charge on any atom is 0.113 e. The van der Waals surface area contributed by atoms with E-state index in [1.807, 2.05) is 6.92 Å². The Balaban J connectivity index is 3.05. The lowest BCUT2D eigenvalue weighted by Crippen LogP contribution is -1.65. The van der Waals surface area contributed by atoms with Crippen LogP contribution in [-0.4, -0.2) is 10.2 Å². The van der Waals surface area contributed by atoms with Crippen molar-refractivity contribution in [1.82, 2.24) is 10.2 Å². The lowest BCUT2D eigenvalue weighted by Gasteiger charge is -1.67. The van der Waals surface area contributed by atoms with Crippen LogP contribution in [0.1, 0.15) is 5.69 Å². The van der Waals surface area contributed by atoms with E-state index in [1.54, 1.807) is 6.07 Å². The first-order valence-electron chi connectivity index (χ1n) is 1.77. The molecule has 1 N–H and O–H groups in total. The molecule has 0 fully saturated rings. The van der Waals surface area contributed by atoms with Crippen LogP contribution in [-0.2, 0) is 0 Å². The van der Waals surface area contributed by atoms with Crippen molar-refractivity contribution in [2.45, 2.75) is 6.92 Å². The third-order valence-corrected chi connectivity index (χ3v) is 0.578. The average Bonchev–Trinajstić information content (AvgIpc) is 1.86. The largest absolute Gasteiger partial charge is 0.282 e. The summed E-state index contributed by atoms with van der Waals surface area (Å²) < 4.78 is 0. The second-order valence-electron chi connectivity index (χ2n) is 1.18. The summed E-state index contributed by atoms with van der Waals surface area (Å²) in [6.45, 7) is 1.93. The van der Waals surface area contributed by atoms with Crippen molar-refractivity contribution < 1.29 is 0 Å². The first-order chi connectivity index (χ1) is 2.89. The molecule has 2 nitrogen and oxygen atoms in total. The van der Waals surface area contributed by atoms with Gasteiger partial charge in [0, 0.05) is 5.69 Å². The Hall–Kier alpha value is -0.790. The highest BCUT2D eigenvalue weighted by Crippen LogP contribution is 1.81. The van der Waals surface area contributed by atoms with E-state index in [2.05, 4.69) is 16.4 Å². The van der Waals surface area contributed by atoms with E-state index in [1.165, 1.54) is 0 Å². The van der Waals surface area contributed by atoms with E-state index in [0.717, 1.165) is 5.69 Å². The van der Waals surface area contributed by atoms with Gasteiger partial charge in [-0.15, -0.1) is 0 Å². The van der Waals surface area contributed by atoms with Crippen LogP contribution in [0, 0.1) is 13.1 Å². The first kappa shape index (κ1) is 3.40. The molecule has 0 saturated heterocycles. The van der Waals surface area contributed by atoms with E-state index >= 15 is 0 Å². The van der Waals surface area contributed by atoms with Crippen LogP contribution in [0.4, 0.5) is 0 Å². The fraction of sp³-hybridized carbons (Fsp3) is 0.250. The maximum absolute atomic E-state index is 3.57. The smallest absolute Gasteiger partial charge is 0.113 e. The Bertz CT molecular complexity index is 109. The van der Waals surface area contributed by atoms with Gasteiger partial charge in [0.05, 0.1) is 0 Å². The molecule has 1 rings (SSSR count). The van der Waals surface area contributed by atoms with Crippen LogP contribution in [0.5, 0.6) is 0 Å². The van der Waals surface area contributed by atoms with Crippen molar-refractivity contribution in [3.8, 4) is 0 Å². The van der Waals surface area contributed by atoms with Gasteiger partial charge in [0.25, 0.3) is 0 Å². The molecule has 1 radical (unpaired) electrons. The predicted molar refractivity (Wildman–Crippen MR) is 22.2 cm³/mol. The van der Waals surface area contributed by atoms with Crippen molar-refractivity contribution in [3.05, 3.63) is 18.0 Å². The van der Waals surface area contributed by atoms with Gasteiger partial charge in [0.15, 0.2) is 0 Å². The summed E-state index contributed by atoms with van der Waals surface area (Å²) in [7, 11) is 0. The summed E-state index contributed by atoms with van der Waals surface area (Å²) in [5.41, 5.74) is 1.05.